The molecule has 0 aliphatic carbocycles. The normalized spacial score (nSPS) is 34.6. The van der Waals surface area contributed by atoms with Crippen LogP contribution >= 0.6 is 0 Å². The van der Waals surface area contributed by atoms with Crippen LogP contribution in [0.3, 0.4) is 0 Å². The highest BCUT2D eigenvalue weighted by Crippen LogP contribution is 2.18. The summed E-state index contributed by atoms with van der Waals surface area (Å²) in [6.07, 6.45) is 0. The lowest BCUT2D eigenvalue weighted by atomic mass is 9.93. The van der Waals surface area contributed by atoms with Crippen LogP contribution in [-0.2, 0) is 9.53 Å². The maximum atomic E-state index is 11.0. The molecule has 2 rings (SSSR count). The first-order valence-electron chi connectivity index (χ1n) is 3.85. The fourth-order valence-corrected chi connectivity index (χ4v) is 1.52. The predicted molar refractivity (Wildman–Crippen MR) is 39.2 cm³/mol. The number of hydrogen-bond acceptors (Lipinski definition) is 3. The summed E-state index contributed by atoms with van der Waals surface area (Å²) in [4.78, 5) is 11.0. The third-order valence-corrected chi connectivity index (χ3v) is 2.27. The van der Waals surface area contributed by atoms with Crippen LogP contribution in [0.2, 0.25) is 0 Å². The Bertz CT molecular complexity index is 189. The molecule has 4 heteroatoms. The fraction of sp³-hybridized carbons (Fsp3) is 0.857. The fourth-order valence-electron chi connectivity index (χ4n) is 1.52. The minimum absolute atomic E-state index is 0.0489. The van der Waals surface area contributed by atoms with Crippen molar-refractivity contribution in [1.82, 2.24) is 10.6 Å². The van der Waals surface area contributed by atoms with E-state index in [1.54, 1.807) is 0 Å². The molecule has 0 aromatic heterocycles. The van der Waals surface area contributed by atoms with Gasteiger partial charge in [-0.25, -0.2) is 0 Å². The Hall–Kier alpha value is -0.610. The van der Waals surface area contributed by atoms with Crippen LogP contribution in [0.5, 0.6) is 0 Å². The van der Waals surface area contributed by atoms with Crippen molar-refractivity contribution in [2.75, 3.05) is 19.8 Å². The number of nitrogens with one attached hydrogen (secondary N) is 2. The van der Waals surface area contributed by atoms with E-state index < -0.39 is 0 Å². The maximum Gasteiger partial charge on any atom is 0.236 e. The van der Waals surface area contributed by atoms with Gasteiger partial charge < -0.3 is 10.1 Å². The van der Waals surface area contributed by atoms with E-state index >= 15 is 0 Å². The summed E-state index contributed by atoms with van der Waals surface area (Å²) in [7, 11) is 0. The van der Waals surface area contributed by atoms with Crippen molar-refractivity contribution < 1.29 is 9.53 Å². The number of hydrogen-bond donors (Lipinski definition) is 2. The Kier molecular flexibility index (Phi) is 1.40. The van der Waals surface area contributed by atoms with Crippen LogP contribution in [0.4, 0.5) is 0 Å². The van der Waals surface area contributed by atoms with E-state index in [0.29, 0.717) is 6.54 Å². The molecule has 2 aliphatic rings. The number of piperazine rings is 1. The van der Waals surface area contributed by atoms with Gasteiger partial charge in [0.1, 0.15) is 0 Å². The third-order valence-electron chi connectivity index (χ3n) is 2.27. The first-order valence-corrected chi connectivity index (χ1v) is 3.85. The van der Waals surface area contributed by atoms with Crippen molar-refractivity contribution in [3.63, 3.8) is 0 Å². The largest absolute Gasteiger partial charge is 0.377 e. The van der Waals surface area contributed by atoms with Gasteiger partial charge in [0.05, 0.1) is 24.8 Å². The standard InChI is InChI=1S/C7H12N2O2/c1-5-6(10)8-2-7(9-5)3-11-4-7/h5,9H,2-4H2,1H3,(H,8,10)/t5-/m0/s1. The minimum Gasteiger partial charge on any atom is -0.377 e. The molecule has 2 saturated heterocycles. The summed E-state index contributed by atoms with van der Waals surface area (Å²) in [6, 6.07) is -0.0763. The molecule has 62 valence electrons. The van der Waals surface area contributed by atoms with Gasteiger partial charge >= 0.3 is 0 Å². The topological polar surface area (TPSA) is 50.4 Å². The van der Waals surface area contributed by atoms with Gasteiger partial charge in [-0.2, -0.15) is 0 Å². The zero-order valence-corrected chi connectivity index (χ0v) is 6.52. The summed E-state index contributed by atoms with van der Waals surface area (Å²) in [5.41, 5.74) is 0.0489. The van der Waals surface area contributed by atoms with E-state index in [-0.39, 0.29) is 17.5 Å². The highest BCUT2D eigenvalue weighted by Gasteiger charge is 2.43. The van der Waals surface area contributed by atoms with E-state index in [2.05, 4.69) is 10.6 Å². The van der Waals surface area contributed by atoms with E-state index in [4.69, 9.17) is 4.74 Å². The Labute approximate surface area is 65.3 Å². The third kappa shape index (κ3) is 1.02. The molecule has 2 aliphatic heterocycles. The number of carbonyl (C=O) groups is 1. The first kappa shape index (κ1) is 7.06. The van der Waals surface area contributed by atoms with Crippen molar-refractivity contribution in [1.29, 1.82) is 0 Å². The van der Waals surface area contributed by atoms with Gasteiger partial charge in [0.15, 0.2) is 0 Å². The molecular formula is C7H12N2O2. The lowest BCUT2D eigenvalue weighted by molar-refractivity contribution is -0.135. The summed E-state index contributed by atoms with van der Waals surface area (Å²) in [5.74, 6) is 0.0857. The number of carbonyl (C=O) groups excluding carboxylic acids is 1. The summed E-state index contributed by atoms with van der Waals surface area (Å²) >= 11 is 0. The van der Waals surface area contributed by atoms with Crippen LogP contribution in [-0.4, -0.2) is 37.2 Å². The van der Waals surface area contributed by atoms with Crippen molar-refractivity contribution >= 4 is 5.91 Å². The SMILES string of the molecule is C[C@@H]1NC2(CNC1=O)COC2. The molecular weight excluding hydrogens is 144 g/mol. The molecule has 1 atom stereocenters. The lowest BCUT2D eigenvalue weighted by Gasteiger charge is -2.46. The average molecular weight is 156 g/mol. The maximum absolute atomic E-state index is 11.0. The molecule has 0 aromatic rings. The molecule has 0 unspecified atom stereocenters. The Morgan fingerprint density at radius 1 is 1.64 bits per heavy atom. The Balaban J connectivity index is 2.02. The molecule has 2 fully saturated rings. The van der Waals surface area contributed by atoms with Crippen molar-refractivity contribution in [2.45, 2.75) is 18.5 Å². The van der Waals surface area contributed by atoms with Gasteiger partial charge in [-0.1, -0.05) is 0 Å². The molecule has 1 amide bonds. The van der Waals surface area contributed by atoms with Gasteiger partial charge in [0.25, 0.3) is 0 Å². The highest BCUT2D eigenvalue weighted by molar-refractivity contribution is 5.82. The summed E-state index contributed by atoms with van der Waals surface area (Å²) < 4.78 is 5.09. The molecule has 2 N–H and O–H groups in total. The van der Waals surface area contributed by atoms with E-state index in [1.807, 2.05) is 6.92 Å². The summed E-state index contributed by atoms with van der Waals surface area (Å²) in [6.45, 7) is 4.01. The second-order valence-corrected chi connectivity index (χ2v) is 3.36. The van der Waals surface area contributed by atoms with E-state index in [1.165, 1.54) is 0 Å². The molecule has 4 nitrogen and oxygen atoms in total. The zero-order chi connectivity index (χ0) is 7.90. The number of ether oxygens (including phenoxy) is 1. The van der Waals surface area contributed by atoms with Crippen LogP contribution < -0.4 is 10.6 Å². The Morgan fingerprint density at radius 3 is 2.82 bits per heavy atom. The van der Waals surface area contributed by atoms with E-state index in [9.17, 15) is 4.79 Å². The monoisotopic (exact) mass is 156 g/mol. The van der Waals surface area contributed by atoms with Crippen molar-refractivity contribution in [3.8, 4) is 0 Å². The average Bonchev–Trinajstić information content (AvgIpc) is 1.92. The molecule has 1 spiro atoms. The molecule has 0 saturated carbocycles. The van der Waals surface area contributed by atoms with Gasteiger partial charge in [0.2, 0.25) is 5.91 Å². The Morgan fingerprint density at radius 2 is 2.36 bits per heavy atom. The van der Waals surface area contributed by atoms with Crippen molar-refractivity contribution in [3.05, 3.63) is 0 Å². The van der Waals surface area contributed by atoms with E-state index in [0.717, 1.165) is 13.2 Å². The van der Waals surface area contributed by atoms with Crippen LogP contribution in [0.25, 0.3) is 0 Å². The van der Waals surface area contributed by atoms with Gasteiger partial charge in [-0.15, -0.1) is 0 Å². The predicted octanol–water partition coefficient (Wildman–Crippen LogP) is -1.14. The van der Waals surface area contributed by atoms with Crippen LogP contribution in [0.15, 0.2) is 0 Å². The zero-order valence-electron chi connectivity index (χ0n) is 6.52. The number of amides is 1. The second-order valence-electron chi connectivity index (χ2n) is 3.36. The molecule has 0 bridgehead atoms. The molecule has 2 heterocycles. The first-order chi connectivity index (χ1) is 5.22. The van der Waals surface area contributed by atoms with Gasteiger partial charge in [-0.3, -0.25) is 10.1 Å². The van der Waals surface area contributed by atoms with Crippen LogP contribution in [0.1, 0.15) is 6.92 Å². The highest BCUT2D eigenvalue weighted by atomic mass is 16.5. The lowest BCUT2D eigenvalue weighted by Crippen LogP contribution is -2.73. The quantitative estimate of drug-likeness (QED) is 0.466. The molecule has 0 aromatic carbocycles. The van der Waals surface area contributed by atoms with Gasteiger partial charge in [0, 0.05) is 6.54 Å². The minimum atomic E-state index is -0.0763. The number of rotatable bonds is 0. The van der Waals surface area contributed by atoms with Crippen LogP contribution in [0, 0.1) is 0 Å². The summed E-state index contributed by atoms with van der Waals surface area (Å²) in [5, 5.41) is 6.08. The second kappa shape index (κ2) is 2.19. The smallest absolute Gasteiger partial charge is 0.236 e. The molecule has 11 heavy (non-hydrogen) atoms. The van der Waals surface area contributed by atoms with Crippen molar-refractivity contribution in [2.24, 2.45) is 0 Å². The molecule has 0 radical (unpaired) electrons. The van der Waals surface area contributed by atoms with Gasteiger partial charge in [-0.05, 0) is 6.92 Å².